The molecule has 1 N–H and O–H groups in total. The summed E-state index contributed by atoms with van der Waals surface area (Å²) in [5.74, 6) is -1.07. The van der Waals surface area contributed by atoms with Crippen LogP contribution in [0.4, 0.5) is 13.2 Å². The van der Waals surface area contributed by atoms with Crippen molar-refractivity contribution in [1.82, 2.24) is 4.98 Å². The van der Waals surface area contributed by atoms with Gasteiger partial charge in [0.25, 0.3) is 5.56 Å². The standard InChI is InChI=1S/C7H2BrF3N2O2/c8-4-2-13-6(14)5(3(4)1-12)15-7(9,10)11/h2H,(H,13,14). The Labute approximate surface area is 89.4 Å². The molecule has 4 nitrogen and oxygen atoms in total. The van der Waals surface area contributed by atoms with E-state index in [4.69, 9.17) is 5.26 Å². The molecule has 8 heteroatoms. The summed E-state index contributed by atoms with van der Waals surface area (Å²) in [7, 11) is 0. The first kappa shape index (κ1) is 11.6. The number of halogens is 4. The second kappa shape index (κ2) is 3.94. The van der Waals surface area contributed by atoms with Crippen LogP contribution in [0.1, 0.15) is 5.56 Å². The minimum absolute atomic E-state index is 0.0175. The average molecular weight is 283 g/mol. The summed E-state index contributed by atoms with van der Waals surface area (Å²) in [6.07, 6.45) is -3.95. The number of nitrogens with one attached hydrogen (secondary N) is 1. The summed E-state index contributed by atoms with van der Waals surface area (Å²) in [6.45, 7) is 0. The molecule has 15 heavy (non-hydrogen) atoms. The molecule has 0 atom stereocenters. The maximum absolute atomic E-state index is 11.9. The largest absolute Gasteiger partial charge is 0.573 e. The second-order valence-corrected chi connectivity index (χ2v) is 3.18. The van der Waals surface area contributed by atoms with E-state index in [1.165, 1.54) is 6.07 Å². The first-order chi connectivity index (χ1) is 6.85. The molecular formula is C7H2BrF3N2O2. The molecule has 0 amide bonds. The second-order valence-electron chi connectivity index (χ2n) is 2.33. The first-order valence-corrected chi connectivity index (χ1v) is 4.21. The lowest BCUT2D eigenvalue weighted by Gasteiger charge is -2.09. The fraction of sp³-hybridized carbons (Fsp3) is 0.143. The Balaban J connectivity index is 3.34. The molecule has 0 saturated carbocycles. The van der Waals surface area contributed by atoms with Gasteiger partial charge < -0.3 is 9.72 Å². The number of alkyl halides is 3. The van der Waals surface area contributed by atoms with Crippen molar-refractivity contribution >= 4 is 15.9 Å². The van der Waals surface area contributed by atoms with Gasteiger partial charge in [-0.1, -0.05) is 0 Å². The van der Waals surface area contributed by atoms with Crippen LogP contribution in [-0.2, 0) is 0 Å². The molecule has 0 bridgehead atoms. The number of hydrogen-bond donors (Lipinski definition) is 1. The van der Waals surface area contributed by atoms with E-state index in [-0.39, 0.29) is 4.47 Å². The molecule has 80 valence electrons. The van der Waals surface area contributed by atoms with Crippen LogP contribution in [0.2, 0.25) is 0 Å². The topological polar surface area (TPSA) is 65.9 Å². The Morgan fingerprint density at radius 1 is 1.53 bits per heavy atom. The minimum Gasteiger partial charge on any atom is -0.398 e. The van der Waals surface area contributed by atoms with Gasteiger partial charge in [0.1, 0.15) is 11.6 Å². The van der Waals surface area contributed by atoms with Crippen LogP contribution in [0.25, 0.3) is 0 Å². The van der Waals surface area contributed by atoms with Crippen molar-refractivity contribution in [3.8, 4) is 11.8 Å². The molecule has 0 aliphatic heterocycles. The van der Waals surface area contributed by atoms with Crippen LogP contribution in [-0.4, -0.2) is 11.3 Å². The number of H-pyrrole nitrogens is 1. The van der Waals surface area contributed by atoms with E-state index in [0.717, 1.165) is 6.20 Å². The van der Waals surface area contributed by atoms with Crippen molar-refractivity contribution < 1.29 is 17.9 Å². The Morgan fingerprint density at radius 2 is 2.13 bits per heavy atom. The van der Waals surface area contributed by atoms with E-state index >= 15 is 0 Å². The zero-order valence-electron chi connectivity index (χ0n) is 6.85. The van der Waals surface area contributed by atoms with Crippen molar-refractivity contribution in [1.29, 1.82) is 5.26 Å². The minimum atomic E-state index is -5.01. The first-order valence-electron chi connectivity index (χ1n) is 3.42. The number of nitriles is 1. The molecule has 0 spiro atoms. The third-order valence-electron chi connectivity index (χ3n) is 1.33. The third-order valence-corrected chi connectivity index (χ3v) is 1.96. The SMILES string of the molecule is N#Cc1c(Br)c[nH]c(=O)c1OC(F)(F)F. The molecule has 0 saturated heterocycles. The summed E-state index contributed by atoms with van der Waals surface area (Å²) >= 11 is 2.81. The van der Waals surface area contributed by atoms with E-state index < -0.39 is 23.2 Å². The van der Waals surface area contributed by atoms with Crippen LogP contribution in [0.15, 0.2) is 15.5 Å². The van der Waals surface area contributed by atoms with Crippen LogP contribution >= 0.6 is 15.9 Å². The van der Waals surface area contributed by atoms with Crippen molar-refractivity contribution in [2.75, 3.05) is 0 Å². The van der Waals surface area contributed by atoms with Gasteiger partial charge in [-0.2, -0.15) is 5.26 Å². The molecule has 0 radical (unpaired) electrons. The van der Waals surface area contributed by atoms with Crippen molar-refractivity contribution in [2.45, 2.75) is 6.36 Å². The zero-order valence-corrected chi connectivity index (χ0v) is 8.44. The maximum atomic E-state index is 11.9. The van der Waals surface area contributed by atoms with Gasteiger partial charge in [0.15, 0.2) is 0 Å². The molecular weight excluding hydrogens is 281 g/mol. The number of hydrogen-bond acceptors (Lipinski definition) is 3. The lowest BCUT2D eigenvalue weighted by Crippen LogP contribution is -2.23. The lowest BCUT2D eigenvalue weighted by atomic mass is 10.3. The highest BCUT2D eigenvalue weighted by Gasteiger charge is 2.34. The Hall–Kier alpha value is -1.49. The molecule has 1 heterocycles. The summed E-state index contributed by atoms with van der Waals surface area (Å²) in [5, 5.41) is 8.54. The van der Waals surface area contributed by atoms with Crippen molar-refractivity contribution in [3.05, 3.63) is 26.6 Å². The number of aromatic amines is 1. The molecule has 1 aromatic heterocycles. The van der Waals surface area contributed by atoms with E-state index in [0.29, 0.717) is 0 Å². The van der Waals surface area contributed by atoms with Gasteiger partial charge in [-0.25, -0.2) is 0 Å². The quantitative estimate of drug-likeness (QED) is 0.856. The van der Waals surface area contributed by atoms with Crippen molar-refractivity contribution in [3.63, 3.8) is 0 Å². The van der Waals surface area contributed by atoms with Crippen molar-refractivity contribution in [2.24, 2.45) is 0 Å². The highest BCUT2D eigenvalue weighted by atomic mass is 79.9. The van der Waals surface area contributed by atoms with E-state index in [2.05, 4.69) is 20.7 Å². The number of ether oxygens (including phenoxy) is 1. The molecule has 0 aliphatic rings. The van der Waals surface area contributed by atoms with Gasteiger partial charge in [-0.05, 0) is 15.9 Å². The molecule has 1 aromatic rings. The van der Waals surface area contributed by atoms with Crippen LogP contribution in [0.3, 0.4) is 0 Å². The highest BCUT2D eigenvalue weighted by molar-refractivity contribution is 9.10. The zero-order chi connectivity index (χ0) is 11.6. The summed E-state index contributed by atoms with van der Waals surface area (Å²) < 4.78 is 39.1. The van der Waals surface area contributed by atoms with Gasteiger partial charge in [-0.3, -0.25) is 4.79 Å². The maximum Gasteiger partial charge on any atom is 0.573 e. The van der Waals surface area contributed by atoms with E-state index in [1.54, 1.807) is 0 Å². The average Bonchev–Trinajstić information content (AvgIpc) is 2.10. The molecule has 1 rings (SSSR count). The molecule has 0 unspecified atom stereocenters. The monoisotopic (exact) mass is 282 g/mol. The van der Waals surface area contributed by atoms with Crippen LogP contribution < -0.4 is 10.3 Å². The summed E-state index contributed by atoms with van der Waals surface area (Å²) in [5.41, 5.74) is -1.62. The van der Waals surface area contributed by atoms with Crippen LogP contribution in [0.5, 0.6) is 5.75 Å². The van der Waals surface area contributed by atoms with Gasteiger partial charge in [0.2, 0.25) is 5.75 Å². The molecule has 0 fully saturated rings. The third kappa shape index (κ3) is 2.73. The van der Waals surface area contributed by atoms with Crippen LogP contribution in [0, 0.1) is 11.3 Å². The van der Waals surface area contributed by atoms with Gasteiger partial charge in [0.05, 0.1) is 4.47 Å². The lowest BCUT2D eigenvalue weighted by molar-refractivity contribution is -0.275. The predicted molar refractivity (Wildman–Crippen MR) is 46.2 cm³/mol. The highest BCUT2D eigenvalue weighted by Crippen LogP contribution is 2.26. The smallest absolute Gasteiger partial charge is 0.398 e. The summed E-state index contributed by atoms with van der Waals surface area (Å²) in [4.78, 5) is 13.0. The number of rotatable bonds is 1. The fourth-order valence-electron chi connectivity index (χ4n) is 0.806. The molecule has 0 aliphatic carbocycles. The van der Waals surface area contributed by atoms with E-state index in [1.807, 2.05) is 4.98 Å². The van der Waals surface area contributed by atoms with E-state index in [9.17, 15) is 18.0 Å². The number of nitrogens with zero attached hydrogens (tertiary/aromatic N) is 1. The normalized spacial score (nSPS) is 10.9. The van der Waals surface area contributed by atoms with Gasteiger partial charge >= 0.3 is 6.36 Å². The molecule has 0 aromatic carbocycles. The van der Waals surface area contributed by atoms with Gasteiger partial charge in [0, 0.05) is 6.20 Å². The Bertz CT molecular complexity index is 475. The Morgan fingerprint density at radius 3 is 2.60 bits per heavy atom. The van der Waals surface area contributed by atoms with Gasteiger partial charge in [-0.15, -0.1) is 13.2 Å². The number of aromatic nitrogens is 1. The Kier molecular flexibility index (Phi) is 3.04. The summed E-state index contributed by atoms with van der Waals surface area (Å²) in [6, 6.07) is 1.44. The number of pyridine rings is 1. The fourth-order valence-corrected chi connectivity index (χ4v) is 1.19. The predicted octanol–water partition coefficient (Wildman–Crippen LogP) is 1.91.